The number of anilines is 2. The summed E-state index contributed by atoms with van der Waals surface area (Å²) < 4.78 is 39.9. The third-order valence-corrected chi connectivity index (χ3v) is 4.95. The Labute approximate surface area is 166 Å². The number of benzene rings is 1. The summed E-state index contributed by atoms with van der Waals surface area (Å²) in [6.45, 7) is 1.53. The predicted octanol–water partition coefficient (Wildman–Crippen LogP) is -0.0674. The fourth-order valence-electron chi connectivity index (χ4n) is 3.25. The van der Waals surface area contributed by atoms with Crippen molar-refractivity contribution in [1.29, 1.82) is 0 Å². The number of rotatable bonds is 6. The number of piperazine rings is 1. The van der Waals surface area contributed by atoms with Crippen LogP contribution in [0.15, 0.2) is 18.2 Å². The van der Waals surface area contributed by atoms with Gasteiger partial charge in [0.15, 0.2) is 5.75 Å². The summed E-state index contributed by atoms with van der Waals surface area (Å²) in [6, 6.07) is 3.56. The van der Waals surface area contributed by atoms with Crippen LogP contribution in [0.4, 0.5) is 20.1 Å². The lowest BCUT2D eigenvalue weighted by Crippen LogP contribution is -2.49. The summed E-state index contributed by atoms with van der Waals surface area (Å²) in [7, 11) is -5.32. The highest BCUT2D eigenvalue weighted by Crippen LogP contribution is 2.35. The van der Waals surface area contributed by atoms with Crippen molar-refractivity contribution in [3.63, 3.8) is 0 Å². The van der Waals surface area contributed by atoms with Crippen LogP contribution in [-0.2, 0) is 20.1 Å². The van der Waals surface area contributed by atoms with Crippen molar-refractivity contribution < 1.29 is 36.0 Å². The van der Waals surface area contributed by atoms with E-state index in [4.69, 9.17) is 5.11 Å². The van der Waals surface area contributed by atoms with Gasteiger partial charge in [0, 0.05) is 50.9 Å². The molecule has 0 unspecified atom stereocenters. The molecule has 3 amide bonds. The highest BCUT2D eigenvalue weighted by Gasteiger charge is 2.28. The Hall–Kier alpha value is -2.93. The first-order valence-electron chi connectivity index (χ1n) is 8.71. The summed E-state index contributed by atoms with van der Waals surface area (Å²) in [6.07, 6.45) is 0.0661. The van der Waals surface area contributed by atoms with Gasteiger partial charge < -0.3 is 14.2 Å². The number of halogens is 1. The standard InChI is InChI=1S/C16H19FN4O7S/c17-29(26,27)28-13-9-11(21-4-3-14(22)18-16(21)25)1-2-12(13)20-7-5-19(6-8-20)10-15(23)24/h1-2,9H,3-8,10H2,(H,23,24)(H,18,22,25). The molecule has 11 nitrogen and oxygen atoms in total. The molecule has 0 aromatic heterocycles. The number of carbonyl (C=O) groups is 3. The van der Waals surface area contributed by atoms with Gasteiger partial charge in [0.05, 0.1) is 12.2 Å². The highest BCUT2D eigenvalue weighted by atomic mass is 32.3. The van der Waals surface area contributed by atoms with Crippen molar-refractivity contribution in [2.24, 2.45) is 0 Å². The molecule has 0 spiro atoms. The maximum atomic E-state index is 13.2. The monoisotopic (exact) mass is 430 g/mol. The van der Waals surface area contributed by atoms with E-state index in [0.29, 0.717) is 31.9 Å². The fourth-order valence-corrected chi connectivity index (χ4v) is 3.60. The first-order valence-corrected chi connectivity index (χ1v) is 10.0. The van der Waals surface area contributed by atoms with Gasteiger partial charge in [0.1, 0.15) is 0 Å². The van der Waals surface area contributed by atoms with Gasteiger partial charge in [-0.2, -0.15) is 8.42 Å². The van der Waals surface area contributed by atoms with Crippen LogP contribution < -0.4 is 19.3 Å². The Morgan fingerprint density at radius 2 is 1.86 bits per heavy atom. The summed E-state index contributed by atoms with van der Waals surface area (Å²) >= 11 is 0. The normalized spacial score (nSPS) is 18.5. The second-order valence-electron chi connectivity index (χ2n) is 6.54. The number of urea groups is 1. The molecule has 13 heteroatoms. The predicted molar refractivity (Wildman–Crippen MR) is 98.9 cm³/mol. The minimum atomic E-state index is -5.32. The third kappa shape index (κ3) is 5.32. The molecule has 0 saturated carbocycles. The summed E-state index contributed by atoms with van der Waals surface area (Å²) in [4.78, 5) is 38.8. The van der Waals surface area contributed by atoms with Crippen LogP contribution in [0.3, 0.4) is 0 Å². The average Bonchev–Trinajstić information content (AvgIpc) is 2.61. The Bertz CT molecular complexity index is 931. The van der Waals surface area contributed by atoms with Gasteiger partial charge in [-0.3, -0.25) is 24.7 Å². The van der Waals surface area contributed by atoms with E-state index in [0.717, 1.165) is 0 Å². The molecule has 2 aliphatic rings. The number of carbonyl (C=O) groups excluding carboxylic acids is 2. The number of hydrogen-bond acceptors (Lipinski definition) is 8. The number of nitrogens with one attached hydrogen (secondary N) is 1. The van der Waals surface area contributed by atoms with Gasteiger partial charge in [0.2, 0.25) is 5.91 Å². The first-order chi connectivity index (χ1) is 13.6. The number of nitrogens with zero attached hydrogens (tertiary/aromatic N) is 3. The van der Waals surface area contributed by atoms with Gasteiger partial charge in [-0.05, 0) is 12.1 Å². The maximum Gasteiger partial charge on any atom is 0.488 e. The van der Waals surface area contributed by atoms with Crippen LogP contribution in [-0.4, -0.2) is 75.6 Å². The van der Waals surface area contributed by atoms with Gasteiger partial charge in [-0.15, -0.1) is 0 Å². The Morgan fingerprint density at radius 3 is 2.45 bits per heavy atom. The number of hydrogen-bond donors (Lipinski definition) is 2. The number of imide groups is 1. The molecule has 2 fully saturated rings. The molecule has 158 valence electrons. The third-order valence-electron chi connectivity index (χ3n) is 4.57. The Balaban J connectivity index is 1.84. The quantitative estimate of drug-likeness (QED) is 0.594. The zero-order valence-electron chi connectivity index (χ0n) is 15.2. The molecule has 2 saturated heterocycles. The minimum absolute atomic E-state index is 0.0661. The molecule has 2 N–H and O–H groups in total. The van der Waals surface area contributed by atoms with Gasteiger partial charge in [-0.1, -0.05) is 3.89 Å². The number of carboxylic acid groups (broad SMARTS) is 1. The maximum absolute atomic E-state index is 13.2. The van der Waals surface area contributed by atoms with E-state index in [1.807, 2.05) is 0 Å². The average molecular weight is 430 g/mol. The number of aliphatic carboxylic acids is 1. The van der Waals surface area contributed by atoms with Crippen LogP contribution >= 0.6 is 0 Å². The van der Waals surface area contributed by atoms with E-state index >= 15 is 0 Å². The molecular weight excluding hydrogens is 411 g/mol. The molecule has 0 bridgehead atoms. The smallest absolute Gasteiger partial charge is 0.480 e. The van der Waals surface area contributed by atoms with Crippen molar-refractivity contribution in [2.45, 2.75) is 6.42 Å². The van der Waals surface area contributed by atoms with E-state index in [-0.39, 0.29) is 30.9 Å². The van der Waals surface area contributed by atoms with Gasteiger partial charge in [0.25, 0.3) is 0 Å². The lowest BCUT2D eigenvalue weighted by molar-refractivity contribution is -0.138. The summed E-state index contributed by atoms with van der Waals surface area (Å²) in [5.74, 6) is -1.68. The first kappa shape index (κ1) is 20.8. The summed E-state index contributed by atoms with van der Waals surface area (Å²) in [5, 5.41) is 11.0. The van der Waals surface area contributed by atoms with E-state index in [9.17, 15) is 26.7 Å². The fraction of sp³-hybridized carbons (Fsp3) is 0.438. The van der Waals surface area contributed by atoms with Crippen LogP contribution in [0.1, 0.15) is 6.42 Å². The van der Waals surface area contributed by atoms with E-state index in [2.05, 4.69) is 9.50 Å². The highest BCUT2D eigenvalue weighted by molar-refractivity contribution is 7.81. The molecule has 1 aromatic carbocycles. The topological polar surface area (TPSA) is 137 Å². The molecule has 0 aliphatic carbocycles. The van der Waals surface area contributed by atoms with Gasteiger partial charge in [-0.25, -0.2) is 4.79 Å². The molecule has 2 aliphatic heterocycles. The second kappa shape index (κ2) is 8.21. The molecule has 2 heterocycles. The van der Waals surface area contributed by atoms with Crippen molar-refractivity contribution in [3.8, 4) is 5.75 Å². The Kier molecular flexibility index (Phi) is 5.88. The van der Waals surface area contributed by atoms with Crippen LogP contribution in [0, 0.1) is 0 Å². The zero-order chi connectivity index (χ0) is 21.2. The number of amides is 3. The minimum Gasteiger partial charge on any atom is -0.480 e. The molecule has 29 heavy (non-hydrogen) atoms. The van der Waals surface area contributed by atoms with E-state index < -0.39 is 28.4 Å². The molecular formula is C16H19FN4O7S. The summed E-state index contributed by atoms with van der Waals surface area (Å²) in [5.41, 5.74) is 0.528. The lowest BCUT2D eigenvalue weighted by atomic mass is 10.2. The van der Waals surface area contributed by atoms with E-state index in [1.165, 1.54) is 23.1 Å². The molecule has 0 atom stereocenters. The van der Waals surface area contributed by atoms with Crippen molar-refractivity contribution >= 4 is 39.8 Å². The van der Waals surface area contributed by atoms with E-state index in [1.54, 1.807) is 9.80 Å². The van der Waals surface area contributed by atoms with Gasteiger partial charge >= 0.3 is 22.5 Å². The molecule has 0 radical (unpaired) electrons. The second-order valence-corrected chi connectivity index (χ2v) is 7.49. The van der Waals surface area contributed by atoms with Crippen molar-refractivity contribution in [1.82, 2.24) is 10.2 Å². The largest absolute Gasteiger partial charge is 0.488 e. The van der Waals surface area contributed by atoms with Crippen molar-refractivity contribution in [2.75, 3.05) is 49.1 Å². The zero-order valence-corrected chi connectivity index (χ0v) is 16.0. The Morgan fingerprint density at radius 1 is 1.17 bits per heavy atom. The van der Waals surface area contributed by atoms with Crippen LogP contribution in [0.5, 0.6) is 5.75 Å². The molecule has 1 aromatic rings. The number of carboxylic acids is 1. The molecule has 3 rings (SSSR count). The van der Waals surface area contributed by atoms with Crippen molar-refractivity contribution in [3.05, 3.63) is 18.2 Å². The van der Waals surface area contributed by atoms with Crippen LogP contribution in [0.2, 0.25) is 0 Å². The SMILES string of the molecule is O=C(O)CN1CCN(c2ccc(N3CCC(=O)NC3=O)cc2OS(=O)(=O)F)CC1. The van der Waals surface area contributed by atoms with Crippen LogP contribution in [0.25, 0.3) is 0 Å². The lowest BCUT2D eigenvalue weighted by Gasteiger charge is -2.36.